The molecule has 0 radical (unpaired) electrons. The van der Waals surface area contributed by atoms with E-state index in [0.717, 1.165) is 0 Å². The van der Waals surface area contributed by atoms with Crippen molar-refractivity contribution in [2.24, 2.45) is 5.92 Å². The lowest BCUT2D eigenvalue weighted by Gasteiger charge is -2.25. The Labute approximate surface area is 137 Å². The number of rotatable bonds is 6. The second-order valence-electron chi connectivity index (χ2n) is 5.99. The number of likely N-dealkylation sites (N-methyl/N-ethyl adjacent to an activating group) is 1. The van der Waals surface area contributed by atoms with Crippen molar-refractivity contribution in [1.29, 1.82) is 0 Å². The fourth-order valence-corrected chi connectivity index (χ4v) is 2.51. The van der Waals surface area contributed by atoms with E-state index in [9.17, 15) is 14.4 Å². The molecule has 128 valence electrons. The number of H-pyrrole nitrogens is 1. The zero-order valence-electron chi connectivity index (χ0n) is 14.9. The van der Waals surface area contributed by atoms with E-state index in [4.69, 9.17) is 4.74 Å². The maximum absolute atomic E-state index is 12.8. The molecule has 1 amide bonds. The summed E-state index contributed by atoms with van der Waals surface area (Å²) < 4.78 is 4.99. The number of aryl methyl sites for hydroxylation is 1. The first-order valence-electron chi connectivity index (χ1n) is 7.80. The zero-order valence-corrected chi connectivity index (χ0v) is 14.9. The van der Waals surface area contributed by atoms with Crippen molar-refractivity contribution in [1.82, 2.24) is 9.88 Å². The Hall–Kier alpha value is -2.11. The summed E-state index contributed by atoms with van der Waals surface area (Å²) in [5.41, 5.74) is 1.90. The number of ketones is 1. The molecule has 1 aromatic heterocycles. The summed E-state index contributed by atoms with van der Waals surface area (Å²) in [6, 6.07) is -0.604. The molecule has 0 aliphatic rings. The number of carbonyl (C=O) groups is 3. The van der Waals surface area contributed by atoms with Gasteiger partial charge in [-0.05, 0) is 33.3 Å². The van der Waals surface area contributed by atoms with E-state index >= 15 is 0 Å². The Morgan fingerprint density at radius 2 is 1.74 bits per heavy atom. The molecule has 0 spiro atoms. The van der Waals surface area contributed by atoms with Gasteiger partial charge in [0, 0.05) is 24.2 Å². The third kappa shape index (κ3) is 3.81. The summed E-state index contributed by atoms with van der Waals surface area (Å²) in [5, 5.41) is 0. The number of amides is 1. The van der Waals surface area contributed by atoms with E-state index in [1.165, 1.54) is 4.90 Å². The minimum atomic E-state index is -0.604. The standard InChI is InChI=1S/C17H26N2O4/c1-8-23-17(22)14-10(4)13(11(5)18-14)15(20)12(6)19(7)16(21)9(2)3/h9,12,18H,8H2,1-7H3/t12-/m1/s1. The molecule has 1 atom stereocenters. The summed E-state index contributed by atoms with van der Waals surface area (Å²) >= 11 is 0. The highest BCUT2D eigenvalue weighted by molar-refractivity contribution is 6.06. The van der Waals surface area contributed by atoms with Gasteiger partial charge in [-0.2, -0.15) is 0 Å². The number of nitrogens with one attached hydrogen (secondary N) is 1. The first kappa shape index (κ1) is 18.9. The highest BCUT2D eigenvalue weighted by Gasteiger charge is 2.30. The highest BCUT2D eigenvalue weighted by atomic mass is 16.5. The maximum atomic E-state index is 12.8. The van der Waals surface area contributed by atoms with E-state index in [2.05, 4.69) is 4.98 Å². The first-order valence-corrected chi connectivity index (χ1v) is 7.80. The smallest absolute Gasteiger partial charge is 0.355 e. The molecule has 1 aromatic rings. The van der Waals surface area contributed by atoms with E-state index in [1.54, 1.807) is 48.6 Å². The second-order valence-corrected chi connectivity index (χ2v) is 5.99. The fourth-order valence-electron chi connectivity index (χ4n) is 2.51. The molecule has 0 aliphatic heterocycles. The minimum absolute atomic E-state index is 0.0951. The quantitative estimate of drug-likeness (QED) is 0.644. The Morgan fingerprint density at radius 3 is 2.22 bits per heavy atom. The van der Waals surface area contributed by atoms with E-state index in [1.807, 2.05) is 0 Å². The fraction of sp³-hybridized carbons (Fsp3) is 0.588. The molecule has 1 rings (SSSR count). The van der Waals surface area contributed by atoms with E-state index < -0.39 is 12.0 Å². The van der Waals surface area contributed by atoms with Crippen LogP contribution in [0.5, 0.6) is 0 Å². The normalized spacial score (nSPS) is 12.2. The lowest BCUT2D eigenvalue weighted by atomic mass is 9.99. The van der Waals surface area contributed by atoms with Crippen LogP contribution in [0.25, 0.3) is 0 Å². The lowest BCUT2D eigenvalue weighted by Crippen LogP contribution is -2.42. The van der Waals surface area contributed by atoms with Crippen molar-refractivity contribution in [2.75, 3.05) is 13.7 Å². The van der Waals surface area contributed by atoms with Gasteiger partial charge in [0.15, 0.2) is 5.78 Å². The van der Waals surface area contributed by atoms with E-state index in [0.29, 0.717) is 16.8 Å². The Bertz CT molecular complexity index is 616. The molecule has 0 fully saturated rings. The number of aromatic amines is 1. The van der Waals surface area contributed by atoms with Gasteiger partial charge < -0.3 is 14.6 Å². The summed E-state index contributed by atoms with van der Waals surface area (Å²) in [7, 11) is 1.62. The van der Waals surface area contributed by atoms with Gasteiger partial charge in [0.05, 0.1) is 12.6 Å². The molecule has 6 heteroatoms. The van der Waals surface area contributed by atoms with Crippen LogP contribution >= 0.6 is 0 Å². The average molecular weight is 322 g/mol. The monoisotopic (exact) mass is 322 g/mol. The Morgan fingerprint density at radius 1 is 1.17 bits per heavy atom. The number of ether oxygens (including phenoxy) is 1. The lowest BCUT2D eigenvalue weighted by molar-refractivity contribution is -0.134. The van der Waals surface area contributed by atoms with Crippen molar-refractivity contribution in [3.8, 4) is 0 Å². The average Bonchev–Trinajstić information content (AvgIpc) is 2.79. The molecule has 0 unspecified atom stereocenters. The van der Waals surface area contributed by atoms with E-state index in [-0.39, 0.29) is 29.9 Å². The number of Topliss-reactive ketones (excluding diaryl/α,β-unsaturated/α-hetero) is 1. The van der Waals surface area contributed by atoms with Gasteiger partial charge in [0.25, 0.3) is 0 Å². The molecule has 23 heavy (non-hydrogen) atoms. The molecule has 0 saturated heterocycles. The number of esters is 1. The van der Waals surface area contributed by atoms with Crippen LogP contribution in [-0.4, -0.2) is 47.2 Å². The highest BCUT2D eigenvalue weighted by Crippen LogP contribution is 2.22. The summed E-state index contributed by atoms with van der Waals surface area (Å²) in [6.45, 7) is 10.7. The summed E-state index contributed by atoms with van der Waals surface area (Å²) in [5.74, 6) is -0.948. The van der Waals surface area contributed by atoms with Crippen molar-refractivity contribution in [3.63, 3.8) is 0 Å². The Balaban J connectivity index is 3.14. The van der Waals surface area contributed by atoms with Gasteiger partial charge >= 0.3 is 5.97 Å². The summed E-state index contributed by atoms with van der Waals surface area (Å²) in [4.78, 5) is 41.2. The molecule has 1 N–H and O–H groups in total. The van der Waals surface area contributed by atoms with Crippen LogP contribution in [0.1, 0.15) is 59.8 Å². The maximum Gasteiger partial charge on any atom is 0.355 e. The molecule has 0 saturated carbocycles. The van der Waals surface area contributed by atoms with Crippen LogP contribution in [-0.2, 0) is 9.53 Å². The van der Waals surface area contributed by atoms with Crippen molar-refractivity contribution in [3.05, 3.63) is 22.5 Å². The third-order valence-corrected chi connectivity index (χ3v) is 3.97. The van der Waals surface area contributed by atoms with Gasteiger partial charge in [-0.3, -0.25) is 9.59 Å². The predicted molar refractivity (Wildman–Crippen MR) is 87.6 cm³/mol. The van der Waals surface area contributed by atoms with Crippen molar-refractivity contribution < 1.29 is 19.1 Å². The molecule has 1 heterocycles. The molecule has 6 nitrogen and oxygen atoms in total. The first-order chi connectivity index (χ1) is 10.6. The van der Waals surface area contributed by atoms with Crippen LogP contribution in [0.4, 0.5) is 0 Å². The van der Waals surface area contributed by atoms with Crippen LogP contribution in [0, 0.1) is 19.8 Å². The van der Waals surface area contributed by atoms with Gasteiger partial charge in [0.2, 0.25) is 5.91 Å². The van der Waals surface area contributed by atoms with Gasteiger partial charge in [-0.15, -0.1) is 0 Å². The zero-order chi connectivity index (χ0) is 17.9. The van der Waals surface area contributed by atoms with Crippen molar-refractivity contribution >= 4 is 17.7 Å². The van der Waals surface area contributed by atoms with Gasteiger partial charge in [-0.25, -0.2) is 4.79 Å². The topological polar surface area (TPSA) is 79.5 Å². The second kappa shape index (κ2) is 7.44. The minimum Gasteiger partial charge on any atom is -0.461 e. The van der Waals surface area contributed by atoms with Crippen LogP contribution in [0.3, 0.4) is 0 Å². The van der Waals surface area contributed by atoms with Gasteiger partial charge in [-0.1, -0.05) is 13.8 Å². The van der Waals surface area contributed by atoms with Crippen molar-refractivity contribution in [2.45, 2.75) is 47.6 Å². The molecular weight excluding hydrogens is 296 g/mol. The number of hydrogen-bond donors (Lipinski definition) is 1. The SMILES string of the molecule is CCOC(=O)c1[nH]c(C)c(C(=O)[C@@H](C)N(C)C(=O)C(C)C)c1C. The predicted octanol–water partition coefficient (Wildman–Crippen LogP) is 2.49. The number of nitrogens with zero attached hydrogens (tertiary/aromatic N) is 1. The number of hydrogen-bond acceptors (Lipinski definition) is 4. The number of carbonyl (C=O) groups excluding carboxylic acids is 3. The molecule has 0 aromatic carbocycles. The van der Waals surface area contributed by atoms with Crippen LogP contribution in [0.15, 0.2) is 0 Å². The molecule has 0 bridgehead atoms. The summed E-state index contributed by atoms with van der Waals surface area (Å²) in [6.07, 6.45) is 0. The molecule has 0 aliphatic carbocycles. The largest absolute Gasteiger partial charge is 0.461 e. The van der Waals surface area contributed by atoms with Crippen LogP contribution in [0.2, 0.25) is 0 Å². The third-order valence-electron chi connectivity index (χ3n) is 3.97. The van der Waals surface area contributed by atoms with Crippen LogP contribution < -0.4 is 0 Å². The van der Waals surface area contributed by atoms with Gasteiger partial charge in [0.1, 0.15) is 5.69 Å². The number of aromatic nitrogens is 1. The Kier molecular flexibility index (Phi) is 6.12. The molecular formula is C17H26N2O4.